The lowest BCUT2D eigenvalue weighted by Crippen LogP contribution is -2.26. The van der Waals surface area contributed by atoms with Crippen LogP contribution in [0.15, 0.2) is 22.7 Å². The predicted molar refractivity (Wildman–Crippen MR) is 72.3 cm³/mol. The Bertz CT molecular complexity index is 414. The van der Waals surface area contributed by atoms with Crippen LogP contribution in [0.3, 0.4) is 0 Å². The molecule has 0 spiro atoms. The molecule has 1 rings (SSSR count). The highest BCUT2D eigenvalue weighted by atomic mass is 79.9. The first-order valence-electron chi connectivity index (χ1n) is 5.62. The fraction of sp³-hybridized carbons (Fsp3) is 0.500. The highest BCUT2D eigenvalue weighted by Gasteiger charge is 2.27. The van der Waals surface area contributed by atoms with Crippen LogP contribution in [-0.2, 0) is 11.2 Å². The average molecular weight is 361 g/mol. The fourth-order valence-electron chi connectivity index (χ4n) is 1.49. The molecule has 0 aliphatic rings. The summed E-state index contributed by atoms with van der Waals surface area (Å²) >= 11 is 9.32. The van der Waals surface area contributed by atoms with Crippen molar-refractivity contribution < 1.29 is 17.9 Å². The van der Waals surface area contributed by atoms with Crippen molar-refractivity contribution in [2.24, 2.45) is 5.73 Å². The van der Waals surface area contributed by atoms with Gasteiger partial charge in [-0.1, -0.05) is 33.6 Å². The number of ether oxygens (including phenoxy) is 1. The van der Waals surface area contributed by atoms with Crippen LogP contribution in [-0.4, -0.2) is 25.4 Å². The quantitative estimate of drug-likeness (QED) is 0.780. The van der Waals surface area contributed by atoms with Crippen LogP contribution in [0.4, 0.5) is 13.2 Å². The molecule has 2 nitrogen and oxygen atoms in total. The third-order valence-corrected chi connectivity index (χ3v) is 3.24. The Labute approximate surface area is 123 Å². The molecule has 0 aromatic heterocycles. The average Bonchev–Trinajstić information content (AvgIpc) is 2.27. The Morgan fingerprint density at radius 2 is 2.05 bits per heavy atom. The van der Waals surface area contributed by atoms with Crippen molar-refractivity contribution in [1.82, 2.24) is 0 Å². The second-order valence-electron chi connectivity index (χ2n) is 4.16. The molecule has 108 valence electrons. The van der Waals surface area contributed by atoms with Crippen LogP contribution in [0.2, 0.25) is 5.02 Å². The van der Waals surface area contributed by atoms with Gasteiger partial charge >= 0.3 is 6.18 Å². The standard InChI is InChI=1S/C12H14BrClF3NO/c13-9-2-1-8(11(14)6-9)5-10(18)3-4-19-7-12(15,16)17/h1-2,6,10H,3-5,7,18H2. The molecule has 0 amide bonds. The number of benzene rings is 1. The summed E-state index contributed by atoms with van der Waals surface area (Å²) in [6.45, 7) is -1.26. The molecule has 19 heavy (non-hydrogen) atoms. The number of halogens is 5. The highest BCUT2D eigenvalue weighted by Crippen LogP contribution is 2.22. The molecule has 1 aromatic rings. The fourth-order valence-corrected chi connectivity index (χ4v) is 2.24. The van der Waals surface area contributed by atoms with Crippen LogP contribution in [0.25, 0.3) is 0 Å². The minimum atomic E-state index is -4.29. The number of hydrogen-bond acceptors (Lipinski definition) is 2. The van der Waals surface area contributed by atoms with Gasteiger partial charge < -0.3 is 10.5 Å². The third kappa shape index (κ3) is 7.15. The second-order valence-corrected chi connectivity index (χ2v) is 5.48. The van der Waals surface area contributed by atoms with Gasteiger partial charge in [0.25, 0.3) is 0 Å². The summed E-state index contributed by atoms with van der Waals surface area (Å²) in [5.41, 5.74) is 6.70. The Morgan fingerprint density at radius 1 is 1.37 bits per heavy atom. The molecule has 0 aliphatic carbocycles. The van der Waals surface area contributed by atoms with Crippen molar-refractivity contribution >= 4 is 27.5 Å². The van der Waals surface area contributed by atoms with Gasteiger partial charge in [0.1, 0.15) is 6.61 Å². The van der Waals surface area contributed by atoms with E-state index in [1.807, 2.05) is 12.1 Å². The lowest BCUT2D eigenvalue weighted by Gasteiger charge is -2.14. The monoisotopic (exact) mass is 359 g/mol. The normalized spacial score (nSPS) is 13.6. The van der Waals surface area contributed by atoms with Gasteiger partial charge in [-0.25, -0.2) is 0 Å². The molecule has 7 heteroatoms. The SMILES string of the molecule is NC(CCOCC(F)(F)F)Cc1ccc(Br)cc1Cl. The zero-order chi connectivity index (χ0) is 14.5. The second kappa shape index (κ2) is 7.47. The van der Waals surface area contributed by atoms with E-state index in [1.54, 1.807) is 6.07 Å². The minimum Gasteiger partial charge on any atom is -0.372 e. The van der Waals surface area contributed by atoms with E-state index in [9.17, 15) is 13.2 Å². The Kier molecular flexibility index (Phi) is 6.59. The predicted octanol–water partition coefficient (Wildman–Crippen LogP) is 3.94. The molecule has 0 fully saturated rings. The zero-order valence-electron chi connectivity index (χ0n) is 10.0. The van der Waals surface area contributed by atoms with Crippen LogP contribution in [0, 0.1) is 0 Å². The summed E-state index contributed by atoms with van der Waals surface area (Å²) in [6, 6.07) is 5.15. The Hall–Kier alpha value is -0.300. The number of alkyl halides is 3. The van der Waals surface area contributed by atoms with Crippen molar-refractivity contribution in [3.05, 3.63) is 33.3 Å². The van der Waals surface area contributed by atoms with Gasteiger partial charge in [0, 0.05) is 22.1 Å². The van der Waals surface area contributed by atoms with Gasteiger partial charge in [-0.05, 0) is 30.5 Å². The first-order chi connectivity index (χ1) is 8.78. The van der Waals surface area contributed by atoms with E-state index in [0.717, 1.165) is 10.0 Å². The summed E-state index contributed by atoms with van der Waals surface area (Å²) in [6.07, 6.45) is -3.44. The van der Waals surface area contributed by atoms with Crippen LogP contribution < -0.4 is 5.73 Å². The number of rotatable bonds is 6. The maximum absolute atomic E-state index is 11.8. The van der Waals surface area contributed by atoms with Gasteiger partial charge in [0.05, 0.1) is 0 Å². The molecule has 0 saturated carbocycles. The molecule has 1 atom stereocenters. The molecule has 1 aromatic carbocycles. The molecular formula is C12H14BrClF3NO. The van der Waals surface area contributed by atoms with Crippen molar-refractivity contribution in [3.8, 4) is 0 Å². The molecule has 0 radical (unpaired) electrons. The molecular weight excluding hydrogens is 346 g/mol. The van der Waals surface area contributed by atoms with Crippen molar-refractivity contribution in [3.63, 3.8) is 0 Å². The van der Waals surface area contributed by atoms with E-state index < -0.39 is 12.8 Å². The van der Waals surface area contributed by atoms with E-state index in [0.29, 0.717) is 17.9 Å². The van der Waals surface area contributed by atoms with Gasteiger partial charge in [-0.3, -0.25) is 0 Å². The highest BCUT2D eigenvalue weighted by molar-refractivity contribution is 9.10. The van der Waals surface area contributed by atoms with Crippen LogP contribution >= 0.6 is 27.5 Å². The van der Waals surface area contributed by atoms with E-state index in [2.05, 4.69) is 20.7 Å². The van der Waals surface area contributed by atoms with Gasteiger partial charge in [0.2, 0.25) is 0 Å². The van der Waals surface area contributed by atoms with E-state index in [4.69, 9.17) is 17.3 Å². The van der Waals surface area contributed by atoms with E-state index >= 15 is 0 Å². The number of hydrogen-bond donors (Lipinski definition) is 1. The molecule has 1 unspecified atom stereocenters. The maximum Gasteiger partial charge on any atom is 0.411 e. The molecule has 0 aliphatic heterocycles. The lowest BCUT2D eigenvalue weighted by atomic mass is 10.0. The molecule has 0 saturated heterocycles. The van der Waals surface area contributed by atoms with Crippen molar-refractivity contribution in [2.45, 2.75) is 25.1 Å². The first kappa shape index (κ1) is 16.8. The molecule has 2 N–H and O–H groups in total. The summed E-state index contributed by atoms with van der Waals surface area (Å²) < 4.78 is 40.9. The Balaban J connectivity index is 2.33. The van der Waals surface area contributed by atoms with Gasteiger partial charge in [-0.15, -0.1) is 0 Å². The topological polar surface area (TPSA) is 35.2 Å². The van der Waals surface area contributed by atoms with E-state index in [-0.39, 0.29) is 12.6 Å². The van der Waals surface area contributed by atoms with Gasteiger partial charge in [0.15, 0.2) is 0 Å². The van der Waals surface area contributed by atoms with Crippen molar-refractivity contribution in [1.29, 1.82) is 0 Å². The van der Waals surface area contributed by atoms with Gasteiger partial charge in [-0.2, -0.15) is 13.2 Å². The summed E-state index contributed by atoms with van der Waals surface area (Å²) in [5.74, 6) is 0. The zero-order valence-corrected chi connectivity index (χ0v) is 12.4. The van der Waals surface area contributed by atoms with E-state index in [1.165, 1.54) is 0 Å². The summed E-state index contributed by atoms with van der Waals surface area (Å²) in [4.78, 5) is 0. The third-order valence-electron chi connectivity index (χ3n) is 2.40. The van der Waals surface area contributed by atoms with Crippen LogP contribution in [0.1, 0.15) is 12.0 Å². The smallest absolute Gasteiger partial charge is 0.372 e. The summed E-state index contributed by atoms with van der Waals surface area (Å²) in [5, 5.41) is 0.584. The van der Waals surface area contributed by atoms with Crippen molar-refractivity contribution in [2.75, 3.05) is 13.2 Å². The number of nitrogens with two attached hydrogens (primary N) is 1. The molecule has 0 bridgehead atoms. The Morgan fingerprint density at radius 3 is 2.63 bits per heavy atom. The largest absolute Gasteiger partial charge is 0.411 e. The van der Waals surface area contributed by atoms with Crippen LogP contribution in [0.5, 0.6) is 0 Å². The summed E-state index contributed by atoms with van der Waals surface area (Å²) in [7, 11) is 0. The lowest BCUT2D eigenvalue weighted by molar-refractivity contribution is -0.174. The maximum atomic E-state index is 11.8. The molecule has 0 heterocycles. The first-order valence-corrected chi connectivity index (χ1v) is 6.79. The minimum absolute atomic E-state index is 0.0190.